The lowest BCUT2D eigenvalue weighted by Gasteiger charge is -2.28. The highest BCUT2D eigenvalue weighted by atomic mass is 35.5. The van der Waals surface area contributed by atoms with Crippen LogP contribution in [-0.2, 0) is 4.79 Å². The summed E-state index contributed by atoms with van der Waals surface area (Å²) in [5.41, 5.74) is 0.966. The summed E-state index contributed by atoms with van der Waals surface area (Å²) in [5.74, 6) is 0.313. The fourth-order valence-electron chi connectivity index (χ4n) is 2.37. The number of benzene rings is 1. The van der Waals surface area contributed by atoms with Gasteiger partial charge in [0.1, 0.15) is 6.29 Å². The molecule has 1 aliphatic rings. The molecule has 2 nitrogen and oxygen atoms in total. The summed E-state index contributed by atoms with van der Waals surface area (Å²) in [4.78, 5) is 11.3. The Morgan fingerprint density at radius 3 is 2.88 bits per heavy atom. The van der Waals surface area contributed by atoms with E-state index < -0.39 is 0 Å². The van der Waals surface area contributed by atoms with Crippen molar-refractivity contribution in [2.75, 3.05) is 13.1 Å². The van der Waals surface area contributed by atoms with Gasteiger partial charge in [-0.15, -0.1) is 0 Å². The van der Waals surface area contributed by atoms with Crippen LogP contribution in [0, 0.1) is 5.92 Å². The van der Waals surface area contributed by atoms with Gasteiger partial charge in [-0.1, -0.05) is 29.8 Å². The van der Waals surface area contributed by atoms with Gasteiger partial charge < -0.3 is 10.1 Å². The fraction of sp³-hybridized carbons (Fsp3) is 0.462. The molecule has 86 valence electrons. The van der Waals surface area contributed by atoms with Gasteiger partial charge in [-0.2, -0.15) is 0 Å². The summed E-state index contributed by atoms with van der Waals surface area (Å²) in [6.07, 6.45) is 3.28. The molecule has 0 radical (unpaired) electrons. The van der Waals surface area contributed by atoms with E-state index in [1.165, 1.54) is 0 Å². The van der Waals surface area contributed by atoms with Crippen molar-refractivity contribution in [2.45, 2.75) is 18.8 Å². The first-order chi connectivity index (χ1) is 7.83. The molecule has 2 atom stereocenters. The van der Waals surface area contributed by atoms with Crippen molar-refractivity contribution < 1.29 is 4.79 Å². The maximum atomic E-state index is 11.3. The Hall–Kier alpha value is -0.860. The third-order valence-corrected chi connectivity index (χ3v) is 3.60. The zero-order valence-electron chi connectivity index (χ0n) is 9.16. The minimum Gasteiger partial charge on any atom is -0.316 e. The van der Waals surface area contributed by atoms with Crippen molar-refractivity contribution in [2.24, 2.45) is 5.92 Å². The lowest BCUT2D eigenvalue weighted by molar-refractivity contribution is -0.110. The number of halogens is 1. The number of aldehydes is 1. The summed E-state index contributed by atoms with van der Waals surface area (Å²) < 4.78 is 0. The van der Waals surface area contributed by atoms with Crippen molar-refractivity contribution in [3.8, 4) is 0 Å². The van der Waals surface area contributed by atoms with Crippen molar-refractivity contribution in [1.82, 2.24) is 5.32 Å². The monoisotopic (exact) mass is 237 g/mol. The molecule has 0 amide bonds. The topological polar surface area (TPSA) is 29.1 Å². The predicted molar refractivity (Wildman–Crippen MR) is 65.9 cm³/mol. The number of nitrogens with one attached hydrogen (secondary N) is 1. The molecule has 2 rings (SSSR count). The minimum atomic E-state index is -0.0681. The van der Waals surface area contributed by atoms with Crippen molar-refractivity contribution in [1.29, 1.82) is 0 Å². The van der Waals surface area contributed by atoms with E-state index in [4.69, 9.17) is 11.6 Å². The fourth-order valence-corrected chi connectivity index (χ4v) is 2.63. The summed E-state index contributed by atoms with van der Waals surface area (Å²) in [7, 11) is 0. The molecule has 1 aliphatic heterocycles. The molecular formula is C13H16ClNO. The molecule has 0 saturated carbocycles. The molecule has 1 saturated heterocycles. The van der Waals surface area contributed by atoms with Gasteiger partial charge in [-0.05, 0) is 43.5 Å². The van der Waals surface area contributed by atoms with Crippen LogP contribution in [0.5, 0.6) is 0 Å². The lowest BCUT2D eigenvalue weighted by Crippen LogP contribution is -2.33. The third kappa shape index (κ3) is 2.45. The predicted octanol–water partition coefficient (Wildman–Crippen LogP) is 2.62. The van der Waals surface area contributed by atoms with Crippen LogP contribution in [-0.4, -0.2) is 19.4 Å². The maximum absolute atomic E-state index is 11.3. The molecule has 1 heterocycles. The lowest BCUT2D eigenvalue weighted by atomic mass is 9.82. The van der Waals surface area contributed by atoms with Gasteiger partial charge in [-0.3, -0.25) is 0 Å². The van der Waals surface area contributed by atoms with E-state index in [0.717, 1.165) is 37.8 Å². The Balaban J connectivity index is 2.21. The normalized spacial score (nSPS) is 22.7. The Morgan fingerprint density at radius 2 is 2.25 bits per heavy atom. The number of carbonyl (C=O) groups is 1. The van der Waals surface area contributed by atoms with Crippen LogP contribution >= 0.6 is 11.6 Å². The van der Waals surface area contributed by atoms with E-state index in [9.17, 15) is 4.79 Å². The largest absolute Gasteiger partial charge is 0.316 e. The standard InChI is InChI=1S/C13H16ClNO/c14-13-6-2-1-5-11(13)12(9-16)10-4-3-7-15-8-10/h1-2,5-6,9-10,12,15H,3-4,7-8H2. The molecule has 1 aromatic carbocycles. The van der Waals surface area contributed by atoms with Crippen LogP contribution in [0.2, 0.25) is 5.02 Å². The molecule has 0 spiro atoms. The average Bonchev–Trinajstić information content (AvgIpc) is 2.34. The highest BCUT2D eigenvalue weighted by molar-refractivity contribution is 6.31. The van der Waals surface area contributed by atoms with Crippen molar-refractivity contribution >= 4 is 17.9 Å². The first kappa shape index (κ1) is 11.6. The number of rotatable bonds is 3. The average molecular weight is 238 g/mol. The van der Waals surface area contributed by atoms with Gasteiger partial charge in [0.25, 0.3) is 0 Å². The van der Waals surface area contributed by atoms with E-state index in [1.54, 1.807) is 0 Å². The third-order valence-electron chi connectivity index (χ3n) is 3.25. The van der Waals surface area contributed by atoms with E-state index >= 15 is 0 Å². The maximum Gasteiger partial charge on any atom is 0.127 e. The Labute approximate surface area is 101 Å². The minimum absolute atomic E-state index is 0.0681. The van der Waals surface area contributed by atoms with Crippen molar-refractivity contribution in [3.63, 3.8) is 0 Å². The second-order valence-electron chi connectivity index (χ2n) is 4.29. The number of piperidine rings is 1. The van der Waals surface area contributed by atoms with Gasteiger partial charge in [0.2, 0.25) is 0 Å². The van der Waals surface area contributed by atoms with Gasteiger partial charge in [-0.25, -0.2) is 0 Å². The second-order valence-corrected chi connectivity index (χ2v) is 4.70. The first-order valence-electron chi connectivity index (χ1n) is 5.73. The van der Waals surface area contributed by atoms with Crippen LogP contribution in [0.1, 0.15) is 24.3 Å². The molecule has 2 unspecified atom stereocenters. The number of hydrogen-bond donors (Lipinski definition) is 1. The molecule has 0 bridgehead atoms. The quantitative estimate of drug-likeness (QED) is 0.819. The summed E-state index contributed by atoms with van der Waals surface area (Å²) in [5, 5.41) is 4.04. The summed E-state index contributed by atoms with van der Waals surface area (Å²) in [6, 6.07) is 7.64. The Bertz CT molecular complexity index is 361. The molecule has 3 heteroatoms. The van der Waals surface area contributed by atoms with E-state index in [0.29, 0.717) is 10.9 Å². The molecular weight excluding hydrogens is 222 g/mol. The second kappa shape index (κ2) is 5.46. The molecule has 1 N–H and O–H groups in total. The highest BCUT2D eigenvalue weighted by Crippen LogP contribution is 2.31. The zero-order valence-corrected chi connectivity index (χ0v) is 9.91. The van der Waals surface area contributed by atoms with E-state index in [1.807, 2.05) is 24.3 Å². The molecule has 0 aliphatic carbocycles. The van der Waals surface area contributed by atoms with E-state index in [2.05, 4.69) is 5.32 Å². The number of hydrogen-bond acceptors (Lipinski definition) is 2. The Morgan fingerprint density at radius 1 is 1.44 bits per heavy atom. The van der Waals surface area contributed by atoms with Crippen LogP contribution in [0.4, 0.5) is 0 Å². The smallest absolute Gasteiger partial charge is 0.127 e. The van der Waals surface area contributed by atoms with Crippen LogP contribution in [0.15, 0.2) is 24.3 Å². The SMILES string of the molecule is O=CC(c1ccccc1Cl)C1CCCNC1. The molecule has 1 fully saturated rings. The molecule has 0 aromatic heterocycles. The number of carbonyl (C=O) groups excluding carboxylic acids is 1. The van der Waals surface area contributed by atoms with Crippen LogP contribution in [0.3, 0.4) is 0 Å². The van der Waals surface area contributed by atoms with Gasteiger partial charge in [0.05, 0.1) is 0 Å². The van der Waals surface area contributed by atoms with Crippen molar-refractivity contribution in [3.05, 3.63) is 34.9 Å². The summed E-state index contributed by atoms with van der Waals surface area (Å²) in [6.45, 7) is 1.97. The van der Waals surface area contributed by atoms with Crippen LogP contribution in [0.25, 0.3) is 0 Å². The Kier molecular flexibility index (Phi) is 3.97. The van der Waals surface area contributed by atoms with Gasteiger partial charge in [0, 0.05) is 10.9 Å². The molecule has 16 heavy (non-hydrogen) atoms. The van der Waals surface area contributed by atoms with Gasteiger partial charge >= 0.3 is 0 Å². The molecule has 1 aromatic rings. The van der Waals surface area contributed by atoms with E-state index in [-0.39, 0.29) is 5.92 Å². The zero-order chi connectivity index (χ0) is 11.4. The first-order valence-corrected chi connectivity index (χ1v) is 6.11. The van der Waals surface area contributed by atoms with Gasteiger partial charge in [0.15, 0.2) is 0 Å². The summed E-state index contributed by atoms with van der Waals surface area (Å²) >= 11 is 6.14. The van der Waals surface area contributed by atoms with Crippen LogP contribution < -0.4 is 5.32 Å². The highest BCUT2D eigenvalue weighted by Gasteiger charge is 2.25.